The SMILES string of the molecule is CCc1cc2c(N3CCNC(=O)C3C)nc(NN)nc2s1. The van der Waals surface area contributed by atoms with Crippen molar-refractivity contribution in [2.75, 3.05) is 23.4 Å². The first-order valence-electron chi connectivity index (χ1n) is 6.95. The predicted molar refractivity (Wildman–Crippen MR) is 84.4 cm³/mol. The summed E-state index contributed by atoms with van der Waals surface area (Å²) in [5.74, 6) is 6.63. The topological polar surface area (TPSA) is 96.2 Å². The number of aromatic nitrogens is 2. The number of fused-ring (bicyclic) bond motifs is 1. The molecule has 1 saturated heterocycles. The summed E-state index contributed by atoms with van der Waals surface area (Å²) in [6, 6.07) is 1.85. The second kappa shape index (κ2) is 5.45. The summed E-state index contributed by atoms with van der Waals surface area (Å²) in [4.78, 5) is 24.9. The number of nitrogens with one attached hydrogen (secondary N) is 2. The minimum atomic E-state index is -0.257. The Bertz CT molecular complexity index is 685. The molecule has 112 valence electrons. The van der Waals surface area contributed by atoms with Gasteiger partial charge in [-0.3, -0.25) is 10.2 Å². The Morgan fingerprint density at radius 3 is 3.10 bits per heavy atom. The summed E-state index contributed by atoms with van der Waals surface area (Å²) >= 11 is 1.63. The maximum absolute atomic E-state index is 11.9. The normalized spacial score (nSPS) is 18.9. The van der Waals surface area contributed by atoms with Gasteiger partial charge in [-0.1, -0.05) is 6.92 Å². The molecule has 1 aliphatic rings. The van der Waals surface area contributed by atoms with Crippen LogP contribution in [0.1, 0.15) is 18.7 Å². The summed E-state index contributed by atoms with van der Waals surface area (Å²) in [6.45, 7) is 5.33. The molecule has 1 unspecified atom stereocenters. The van der Waals surface area contributed by atoms with Crippen LogP contribution >= 0.6 is 11.3 Å². The van der Waals surface area contributed by atoms with E-state index in [1.54, 1.807) is 11.3 Å². The molecule has 4 N–H and O–H groups in total. The minimum absolute atomic E-state index is 0.0150. The highest BCUT2D eigenvalue weighted by atomic mass is 32.1. The zero-order chi connectivity index (χ0) is 15.0. The number of amides is 1. The van der Waals surface area contributed by atoms with Crippen LogP contribution in [0.25, 0.3) is 10.2 Å². The first kappa shape index (κ1) is 14.0. The number of nitrogens with two attached hydrogens (primary N) is 1. The first-order chi connectivity index (χ1) is 10.1. The predicted octanol–water partition coefficient (Wildman–Crippen LogP) is 0.864. The molecule has 1 amide bonds. The monoisotopic (exact) mass is 306 g/mol. The maximum Gasteiger partial charge on any atom is 0.242 e. The number of hydrogen-bond acceptors (Lipinski definition) is 7. The van der Waals surface area contributed by atoms with Gasteiger partial charge in [0.15, 0.2) is 0 Å². The average Bonchev–Trinajstić information content (AvgIpc) is 2.92. The fraction of sp³-hybridized carbons (Fsp3) is 0.462. The molecule has 0 spiro atoms. The zero-order valence-corrected chi connectivity index (χ0v) is 12.8. The standard InChI is InChI=1S/C13H18N6OS/c1-3-8-6-9-10(16-13(18-14)17-12(9)21-8)19-5-4-15-11(20)7(19)2/h6-7H,3-5,14H2,1-2H3,(H,15,20)(H,16,17,18). The van der Waals surface area contributed by atoms with Crippen LogP contribution in [-0.4, -0.2) is 35.0 Å². The van der Waals surface area contributed by atoms with Crippen LogP contribution in [0.2, 0.25) is 0 Å². The number of carbonyl (C=O) groups is 1. The molecule has 2 aromatic heterocycles. The minimum Gasteiger partial charge on any atom is -0.353 e. The molecule has 1 aliphatic heterocycles. The van der Waals surface area contributed by atoms with Crippen LogP contribution in [0.3, 0.4) is 0 Å². The van der Waals surface area contributed by atoms with Crippen LogP contribution < -0.4 is 21.5 Å². The van der Waals surface area contributed by atoms with Crippen molar-refractivity contribution < 1.29 is 4.79 Å². The van der Waals surface area contributed by atoms with E-state index in [-0.39, 0.29) is 11.9 Å². The number of nitrogens with zero attached hydrogens (tertiary/aromatic N) is 3. The molecule has 0 saturated carbocycles. The molecular weight excluding hydrogens is 288 g/mol. The van der Waals surface area contributed by atoms with Gasteiger partial charge in [0.2, 0.25) is 11.9 Å². The third kappa shape index (κ3) is 2.40. The van der Waals surface area contributed by atoms with Gasteiger partial charge >= 0.3 is 0 Å². The Hall–Kier alpha value is -1.93. The number of nitrogen functional groups attached to an aromatic ring is 1. The number of rotatable bonds is 3. The largest absolute Gasteiger partial charge is 0.353 e. The van der Waals surface area contributed by atoms with Gasteiger partial charge in [0, 0.05) is 18.0 Å². The number of hydrogen-bond donors (Lipinski definition) is 3. The van der Waals surface area contributed by atoms with Crippen LogP contribution in [-0.2, 0) is 11.2 Å². The zero-order valence-electron chi connectivity index (χ0n) is 12.0. The summed E-state index contributed by atoms with van der Waals surface area (Å²) in [5.41, 5.74) is 2.51. The van der Waals surface area contributed by atoms with Crippen molar-refractivity contribution in [3.8, 4) is 0 Å². The van der Waals surface area contributed by atoms with E-state index in [1.807, 2.05) is 11.8 Å². The highest BCUT2D eigenvalue weighted by Gasteiger charge is 2.28. The number of anilines is 2. The van der Waals surface area contributed by atoms with Gasteiger partial charge in [-0.05, 0) is 19.4 Å². The van der Waals surface area contributed by atoms with E-state index in [0.717, 1.165) is 29.0 Å². The summed E-state index contributed by atoms with van der Waals surface area (Å²) in [6.07, 6.45) is 0.946. The number of piperazine rings is 1. The fourth-order valence-corrected chi connectivity index (χ4v) is 3.45. The number of hydrazine groups is 1. The lowest BCUT2D eigenvalue weighted by Crippen LogP contribution is -2.54. The van der Waals surface area contributed by atoms with E-state index < -0.39 is 0 Å². The van der Waals surface area contributed by atoms with E-state index in [1.165, 1.54) is 4.88 Å². The van der Waals surface area contributed by atoms with Gasteiger partial charge in [0.25, 0.3) is 0 Å². The van der Waals surface area contributed by atoms with Gasteiger partial charge in [0.1, 0.15) is 16.7 Å². The quantitative estimate of drug-likeness (QED) is 0.575. The van der Waals surface area contributed by atoms with Crippen molar-refractivity contribution >= 4 is 39.2 Å². The van der Waals surface area contributed by atoms with E-state index in [9.17, 15) is 4.79 Å². The van der Waals surface area contributed by atoms with Gasteiger partial charge in [-0.25, -0.2) is 10.8 Å². The third-order valence-corrected chi connectivity index (χ3v) is 4.85. The van der Waals surface area contributed by atoms with Gasteiger partial charge in [-0.15, -0.1) is 11.3 Å². The van der Waals surface area contributed by atoms with E-state index in [2.05, 4.69) is 33.7 Å². The number of thiophene rings is 1. The molecule has 0 aliphatic carbocycles. The van der Waals surface area contributed by atoms with Crippen molar-refractivity contribution in [1.29, 1.82) is 0 Å². The van der Waals surface area contributed by atoms with Crippen LogP contribution in [0, 0.1) is 0 Å². The second-order valence-corrected chi connectivity index (χ2v) is 6.08. The maximum atomic E-state index is 11.9. The summed E-state index contributed by atoms with van der Waals surface area (Å²) in [5, 5.41) is 3.85. The molecular formula is C13H18N6OS. The van der Waals surface area contributed by atoms with Crippen molar-refractivity contribution in [2.45, 2.75) is 26.3 Å². The lowest BCUT2D eigenvalue weighted by molar-refractivity contribution is -0.122. The summed E-state index contributed by atoms with van der Waals surface area (Å²) < 4.78 is 0. The van der Waals surface area contributed by atoms with E-state index in [0.29, 0.717) is 12.5 Å². The van der Waals surface area contributed by atoms with E-state index >= 15 is 0 Å². The Kier molecular flexibility index (Phi) is 3.64. The van der Waals surface area contributed by atoms with Gasteiger partial charge < -0.3 is 10.2 Å². The Balaban J connectivity index is 2.15. The number of carbonyl (C=O) groups excluding carboxylic acids is 1. The molecule has 1 fully saturated rings. The van der Waals surface area contributed by atoms with Gasteiger partial charge in [-0.2, -0.15) is 4.98 Å². The lowest BCUT2D eigenvalue weighted by Gasteiger charge is -2.34. The van der Waals surface area contributed by atoms with Crippen LogP contribution in [0.5, 0.6) is 0 Å². The van der Waals surface area contributed by atoms with Crippen LogP contribution in [0.15, 0.2) is 6.07 Å². The molecule has 7 nitrogen and oxygen atoms in total. The fourth-order valence-electron chi connectivity index (χ4n) is 2.49. The molecule has 0 aromatic carbocycles. The Morgan fingerprint density at radius 2 is 2.38 bits per heavy atom. The van der Waals surface area contributed by atoms with Gasteiger partial charge in [0.05, 0.1) is 5.39 Å². The van der Waals surface area contributed by atoms with Crippen molar-refractivity contribution in [1.82, 2.24) is 15.3 Å². The smallest absolute Gasteiger partial charge is 0.242 e. The Labute approximate surface area is 126 Å². The van der Waals surface area contributed by atoms with Crippen LogP contribution in [0.4, 0.5) is 11.8 Å². The second-order valence-electron chi connectivity index (χ2n) is 4.96. The first-order valence-corrected chi connectivity index (χ1v) is 7.77. The molecule has 8 heteroatoms. The molecule has 0 radical (unpaired) electrons. The number of aryl methyl sites for hydroxylation is 1. The lowest BCUT2D eigenvalue weighted by atomic mass is 10.2. The molecule has 3 rings (SSSR count). The molecule has 0 bridgehead atoms. The molecule has 2 aromatic rings. The molecule has 3 heterocycles. The highest BCUT2D eigenvalue weighted by molar-refractivity contribution is 7.18. The van der Waals surface area contributed by atoms with Crippen molar-refractivity contribution in [3.05, 3.63) is 10.9 Å². The van der Waals surface area contributed by atoms with Crippen molar-refractivity contribution in [2.24, 2.45) is 5.84 Å². The van der Waals surface area contributed by atoms with Crippen molar-refractivity contribution in [3.63, 3.8) is 0 Å². The highest BCUT2D eigenvalue weighted by Crippen LogP contribution is 2.33. The average molecular weight is 306 g/mol. The molecule has 1 atom stereocenters. The molecule has 21 heavy (non-hydrogen) atoms. The third-order valence-electron chi connectivity index (χ3n) is 3.67. The summed E-state index contributed by atoms with van der Waals surface area (Å²) in [7, 11) is 0. The van der Waals surface area contributed by atoms with E-state index in [4.69, 9.17) is 5.84 Å². The Morgan fingerprint density at radius 1 is 1.57 bits per heavy atom.